The summed E-state index contributed by atoms with van der Waals surface area (Å²) in [6.45, 7) is 5.00. The summed E-state index contributed by atoms with van der Waals surface area (Å²) in [7, 11) is 1.77. The van der Waals surface area contributed by atoms with Crippen molar-refractivity contribution in [2.75, 3.05) is 11.9 Å². The minimum absolute atomic E-state index is 0.154. The maximum absolute atomic E-state index is 11.3. The fraction of sp³-hybridized carbons (Fsp3) is 0.786. The molecule has 1 heterocycles. The van der Waals surface area contributed by atoms with Gasteiger partial charge in [-0.1, -0.05) is 26.7 Å². The second-order valence-corrected chi connectivity index (χ2v) is 5.88. The Balaban J connectivity index is 2.16. The molecule has 1 aromatic rings. The van der Waals surface area contributed by atoms with Gasteiger partial charge in [0.1, 0.15) is 5.69 Å². The molecule has 0 aliphatic heterocycles. The molecule has 0 unspecified atom stereocenters. The predicted octanol–water partition coefficient (Wildman–Crippen LogP) is 3.27. The van der Waals surface area contributed by atoms with Gasteiger partial charge in [-0.15, -0.1) is 0 Å². The fourth-order valence-electron chi connectivity index (χ4n) is 2.86. The molecule has 112 valence electrons. The number of nitrogens with one attached hydrogen (secondary N) is 1. The highest BCUT2D eigenvalue weighted by molar-refractivity contribution is 5.60. The summed E-state index contributed by atoms with van der Waals surface area (Å²) >= 11 is 0. The number of hydrogen-bond donors (Lipinski definition) is 1. The second kappa shape index (κ2) is 5.81. The first kappa shape index (κ1) is 14.8. The molecule has 1 aliphatic rings. The molecule has 0 bridgehead atoms. The molecule has 0 saturated heterocycles. The molecular weight excluding hydrogens is 256 g/mol. The minimum Gasteiger partial charge on any atom is -0.364 e. The molecule has 1 fully saturated rings. The second-order valence-electron chi connectivity index (χ2n) is 5.88. The molecule has 20 heavy (non-hydrogen) atoms. The number of nitrogens with zero attached hydrogens (tertiary/aromatic N) is 3. The Bertz CT molecular complexity index is 492. The van der Waals surface area contributed by atoms with Crippen molar-refractivity contribution in [2.45, 2.75) is 52.4 Å². The Morgan fingerprint density at radius 1 is 1.40 bits per heavy atom. The van der Waals surface area contributed by atoms with E-state index in [0.717, 1.165) is 19.4 Å². The Morgan fingerprint density at radius 2 is 2.10 bits per heavy atom. The Labute approximate surface area is 119 Å². The third kappa shape index (κ3) is 2.94. The van der Waals surface area contributed by atoms with E-state index >= 15 is 0 Å². The quantitative estimate of drug-likeness (QED) is 0.586. The van der Waals surface area contributed by atoms with Crippen LogP contribution in [0.2, 0.25) is 0 Å². The molecule has 1 aromatic heterocycles. The predicted molar refractivity (Wildman–Crippen MR) is 78.9 cm³/mol. The van der Waals surface area contributed by atoms with Crippen LogP contribution in [0.5, 0.6) is 0 Å². The van der Waals surface area contributed by atoms with Crippen LogP contribution in [0.25, 0.3) is 0 Å². The lowest BCUT2D eigenvalue weighted by Crippen LogP contribution is -2.17. The van der Waals surface area contributed by atoms with Crippen LogP contribution in [0.1, 0.15) is 51.6 Å². The Hall–Kier alpha value is -1.59. The third-order valence-electron chi connectivity index (χ3n) is 4.13. The molecule has 0 aromatic carbocycles. The van der Waals surface area contributed by atoms with E-state index in [4.69, 9.17) is 0 Å². The first-order valence-corrected chi connectivity index (χ1v) is 7.47. The van der Waals surface area contributed by atoms with Crippen molar-refractivity contribution in [3.8, 4) is 0 Å². The molecular formula is C14H24N4O2. The van der Waals surface area contributed by atoms with E-state index in [-0.39, 0.29) is 10.6 Å². The smallest absolute Gasteiger partial charge is 0.333 e. The van der Waals surface area contributed by atoms with E-state index in [0.29, 0.717) is 23.3 Å². The number of hydrogen-bond acceptors (Lipinski definition) is 4. The first-order chi connectivity index (χ1) is 9.53. The maximum atomic E-state index is 11.3. The van der Waals surface area contributed by atoms with Crippen LogP contribution in [0.4, 0.5) is 11.5 Å². The van der Waals surface area contributed by atoms with E-state index in [1.165, 1.54) is 19.3 Å². The van der Waals surface area contributed by atoms with Crippen molar-refractivity contribution < 1.29 is 4.92 Å². The lowest BCUT2D eigenvalue weighted by Gasteiger charge is -2.15. The average molecular weight is 280 g/mol. The molecule has 6 heteroatoms. The van der Waals surface area contributed by atoms with Gasteiger partial charge in [0.25, 0.3) is 0 Å². The summed E-state index contributed by atoms with van der Waals surface area (Å²) < 4.78 is 1.62. The van der Waals surface area contributed by atoms with Crippen LogP contribution >= 0.6 is 0 Å². The van der Waals surface area contributed by atoms with Crippen LogP contribution < -0.4 is 5.32 Å². The summed E-state index contributed by atoms with van der Waals surface area (Å²) in [5.74, 6) is 0.556. The van der Waals surface area contributed by atoms with E-state index in [1.807, 2.05) is 6.92 Å². The minimum atomic E-state index is -0.306. The number of aromatic nitrogens is 2. The topological polar surface area (TPSA) is 73.0 Å². The van der Waals surface area contributed by atoms with Gasteiger partial charge in [-0.3, -0.25) is 10.1 Å². The van der Waals surface area contributed by atoms with E-state index in [1.54, 1.807) is 11.7 Å². The summed E-state index contributed by atoms with van der Waals surface area (Å²) in [5.41, 5.74) is 1.10. The molecule has 1 aliphatic carbocycles. The van der Waals surface area contributed by atoms with E-state index in [9.17, 15) is 10.1 Å². The molecule has 0 radical (unpaired) electrons. The SMILES string of the molecule is CCCc1nn(C)c(NCC2(CCC)CC2)c1[N+](=O)[O-]. The third-order valence-corrected chi connectivity index (χ3v) is 4.13. The van der Waals surface area contributed by atoms with E-state index in [2.05, 4.69) is 17.3 Å². The van der Waals surface area contributed by atoms with Gasteiger partial charge < -0.3 is 5.32 Å². The number of aryl methyl sites for hydroxylation is 2. The highest BCUT2D eigenvalue weighted by Gasteiger charge is 2.42. The summed E-state index contributed by atoms with van der Waals surface area (Å²) in [6, 6.07) is 0. The Kier molecular flexibility index (Phi) is 4.30. The summed E-state index contributed by atoms with van der Waals surface area (Å²) in [4.78, 5) is 11.0. The van der Waals surface area contributed by atoms with Gasteiger partial charge in [0.2, 0.25) is 5.82 Å². The maximum Gasteiger partial charge on any atom is 0.333 e. The molecule has 0 spiro atoms. The van der Waals surface area contributed by atoms with Gasteiger partial charge in [0.15, 0.2) is 0 Å². The fourth-order valence-corrected chi connectivity index (χ4v) is 2.86. The zero-order valence-electron chi connectivity index (χ0n) is 12.6. The van der Waals surface area contributed by atoms with Gasteiger partial charge >= 0.3 is 5.69 Å². The monoisotopic (exact) mass is 280 g/mol. The van der Waals surface area contributed by atoms with Crippen molar-refractivity contribution in [2.24, 2.45) is 12.5 Å². The normalized spacial score (nSPS) is 16.1. The Morgan fingerprint density at radius 3 is 2.60 bits per heavy atom. The largest absolute Gasteiger partial charge is 0.364 e. The summed E-state index contributed by atoms with van der Waals surface area (Å²) in [5, 5.41) is 18.9. The van der Waals surface area contributed by atoms with Crippen molar-refractivity contribution in [1.82, 2.24) is 9.78 Å². The number of nitro groups is 1. The van der Waals surface area contributed by atoms with E-state index < -0.39 is 0 Å². The van der Waals surface area contributed by atoms with Gasteiger partial charge in [-0.05, 0) is 31.1 Å². The number of anilines is 1. The standard InChI is InChI=1S/C14H24N4O2/c1-4-6-11-12(18(19)20)13(17(3)16-11)15-10-14(7-5-2)8-9-14/h15H,4-10H2,1-3H3. The van der Waals surface area contributed by atoms with Gasteiger partial charge in [0.05, 0.1) is 4.92 Å². The van der Waals surface area contributed by atoms with Gasteiger partial charge in [-0.25, -0.2) is 4.68 Å². The van der Waals surface area contributed by atoms with Crippen molar-refractivity contribution in [3.63, 3.8) is 0 Å². The van der Waals surface area contributed by atoms with Crippen LogP contribution in [-0.4, -0.2) is 21.2 Å². The summed E-state index contributed by atoms with van der Waals surface area (Å²) in [6.07, 6.45) is 6.30. The molecule has 0 amide bonds. The molecule has 2 rings (SSSR count). The highest BCUT2D eigenvalue weighted by atomic mass is 16.6. The average Bonchev–Trinajstić information content (AvgIpc) is 3.06. The lowest BCUT2D eigenvalue weighted by molar-refractivity contribution is -0.384. The zero-order chi connectivity index (χ0) is 14.8. The highest BCUT2D eigenvalue weighted by Crippen LogP contribution is 2.49. The van der Waals surface area contributed by atoms with Gasteiger partial charge in [0, 0.05) is 13.6 Å². The molecule has 1 saturated carbocycles. The molecule has 0 atom stereocenters. The zero-order valence-corrected chi connectivity index (χ0v) is 12.6. The van der Waals surface area contributed by atoms with Crippen LogP contribution in [0, 0.1) is 15.5 Å². The van der Waals surface area contributed by atoms with Crippen LogP contribution in [0.3, 0.4) is 0 Å². The molecule has 1 N–H and O–H groups in total. The first-order valence-electron chi connectivity index (χ1n) is 7.47. The van der Waals surface area contributed by atoms with Crippen molar-refractivity contribution in [3.05, 3.63) is 15.8 Å². The van der Waals surface area contributed by atoms with Crippen molar-refractivity contribution in [1.29, 1.82) is 0 Å². The van der Waals surface area contributed by atoms with Gasteiger partial charge in [-0.2, -0.15) is 5.10 Å². The number of rotatable bonds is 8. The van der Waals surface area contributed by atoms with Crippen LogP contribution in [0.15, 0.2) is 0 Å². The van der Waals surface area contributed by atoms with Crippen LogP contribution in [-0.2, 0) is 13.5 Å². The molecule has 6 nitrogen and oxygen atoms in total. The van der Waals surface area contributed by atoms with Crippen molar-refractivity contribution >= 4 is 11.5 Å². The lowest BCUT2D eigenvalue weighted by atomic mass is 10.0.